The first-order valence-electron chi connectivity index (χ1n) is 5.08. The molecule has 1 aliphatic rings. The lowest BCUT2D eigenvalue weighted by atomic mass is 10.4. The van der Waals surface area contributed by atoms with Crippen molar-refractivity contribution in [2.45, 2.75) is 25.3 Å². The highest BCUT2D eigenvalue weighted by Gasteiger charge is 2.13. The molecule has 1 saturated heterocycles. The Labute approximate surface area is 99.4 Å². The highest BCUT2D eigenvalue weighted by Crippen LogP contribution is 2.13. The molecule has 0 spiro atoms. The van der Waals surface area contributed by atoms with E-state index in [2.05, 4.69) is 14.9 Å². The van der Waals surface area contributed by atoms with Gasteiger partial charge in [-0.2, -0.15) is 0 Å². The highest BCUT2D eigenvalue weighted by molar-refractivity contribution is 6.29. The van der Waals surface area contributed by atoms with E-state index in [4.69, 9.17) is 23.2 Å². The number of nitrogens with zero attached hydrogens (tertiary/aromatic N) is 3. The maximum Gasteiger partial charge on any atom is 0.144 e. The van der Waals surface area contributed by atoms with Gasteiger partial charge in [-0.1, -0.05) is 11.6 Å². The fourth-order valence-electron chi connectivity index (χ4n) is 1.80. The maximum atomic E-state index is 5.89. The molecule has 0 N–H and O–H groups in total. The lowest BCUT2D eigenvalue weighted by Crippen LogP contribution is -2.20. The van der Waals surface area contributed by atoms with Gasteiger partial charge >= 0.3 is 0 Å². The zero-order chi connectivity index (χ0) is 10.7. The third-order valence-corrected chi connectivity index (χ3v) is 2.96. The molecule has 0 amide bonds. The van der Waals surface area contributed by atoms with Crippen LogP contribution < -0.4 is 0 Å². The Morgan fingerprint density at radius 2 is 2.00 bits per heavy atom. The van der Waals surface area contributed by atoms with Crippen LogP contribution in [0.15, 0.2) is 6.07 Å². The predicted octanol–water partition coefficient (Wildman–Crippen LogP) is 2.46. The quantitative estimate of drug-likeness (QED) is 0.606. The van der Waals surface area contributed by atoms with Crippen LogP contribution in [-0.4, -0.2) is 28.0 Å². The second kappa shape index (κ2) is 5.10. The van der Waals surface area contributed by atoms with Gasteiger partial charge in [-0.05, 0) is 32.0 Å². The van der Waals surface area contributed by atoms with Crippen LogP contribution in [0.25, 0.3) is 0 Å². The molecule has 0 aromatic carbocycles. The number of hydrogen-bond donors (Lipinski definition) is 0. The summed E-state index contributed by atoms with van der Waals surface area (Å²) in [5.74, 6) is 1.16. The molecule has 1 fully saturated rings. The molecule has 1 aliphatic heterocycles. The molecule has 1 aromatic heterocycles. The van der Waals surface area contributed by atoms with Gasteiger partial charge < -0.3 is 0 Å². The lowest BCUT2D eigenvalue weighted by Gasteiger charge is -2.13. The monoisotopic (exact) mass is 245 g/mol. The first-order chi connectivity index (χ1) is 7.28. The minimum absolute atomic E-state index is 0.384. The van der Waals surface area contributed by atoms with Crippen LogP contribution in [0.2, 0.25) is 5.15 Å². The zero-order valence-electron chi connectivity index (χ0n) is 8.42. The molecule has 1 aromatic rings. The number of halogens is 2. The molecule has 82 valence electrons. The van der Waals surface area contributed by atoms with E-state index in [9.17, 15) is 0 Å². The van der Waals surface area contributed by atoms with Crippen LogP contribution in [-0.2, 0) is 12.4 Å². The molecule has 0 unspecified atom stereocenters. The Morgan fingerprint density at radius 1 is 1.27 bits per heavy atom. The Balaban J connectivity index is 2.09. The van der Waals surface area contributed by atoms with Gasteiger partial charge in [0.05, 0.1) is 18.1 Å². The smallest absolute Gasteiger partial charge is 0.144 e. The van der Waals surface area contributed by atoms with Crippen molar-refractivity contribution in [1.82, 2.24) is 14.9 Å². The summed E-state index contributed by atoms with van der Waals surface area (Å²) in [7, 11) is 0. The number of likely N-dealkylation sites (tertiary alicyclic amines) is 1. The van der Waals surface area contributed by atoms with Gasteiger partial charge in [-0.25, -0.2) is 9.97 Å². The SMILES string of the molecule is ClCc1cc(Cl)nc(CN2CCCC2)n1. The molecule has 0 bridgehead atoms. The minimum Gasteiger partial charge on any atom is -0.296 e. The Bertz CT molecular complexity index is 337. The second-order valence-electron chi connectivity index (χ2n) is 3.72. The topological polar surface area (TPSA) is 29.0 Å². The molecule has 0 radical (unpaired) electrons. The van der Waals surface area contributed by atoms with Crippen molar-refractivity contribution in [2.75, 3.05) is 13.1 Å². The van der Waals surface area contributed by atoms with Crippen LogP contribution in [0.1, 0.15) is 24.4 Å². The van der Waals surface area contributed by atoms with Crippen molar-refractivity contribution in [2.24, 2.45) is 0 Å². The van der Waals surface area contributed by atoms with Gasteiger partial charge in [-0.3, -0.25) is 4.90 Å². The van der Waals surface area contributed by atoms with Crippen LogP contribution in [0.5, 0.6) is 0 Å². The van der Waals surface area contributed by atoms with Crippen molar-refractivity contribution < 1.29 is 0 Å². The third kappa shape index (κ3) is 3.03. The van der Waals surface area contributed by atoms with Crippen LogP contribution >= 0.6 is 23.2 Å². The summed E-state index contributed by atoms with van der Waals surface area (Å²) in [5, 5.41) is 0.481. The normalized spacial score (nSPS) is 17.2. The van der Waals surface area contributed by atoms with E-state index in [1.54, 1.807) is 6.07 Å². The van der Waals surface area contributed by atoms with E-state index in [1.165, 1.54) is 12.8 Å². The average molecular weight is 246 g/mol. The van der Waals surface area contributed by atoms with E-state index < -0.39 is 0 Å². The summed E-state index contributed by atoms with van der Waals surface area (Å²) < 4.78 is 0. The lowest BCUT2D eigenvalue weighted by molar-refractivity contribution is 0.322. The van der Waals surface area contributed by atoms with Gasteiger partial charge in [-0.15, -0.1) is 11.6 Å². The van der Waals surface area contributed by atoms with Gasteiger partial charge in [0.25, 0.3) is 0 Å². The molecule has 0 saturated carbocycles. The summed E-state index contributed by atoms with van der Waals surface area (Å²) in [6.07, 6.45) is 2.53. The third-order valence-electron chi connectivity index (χ3n) is 2.49. The van der Waals surface area contributed by atoms with Crippen LogP contribution in [0.4, 0.5) is 0 Å². The predicted molar refractivity (Wildman–Crippen MR) is 61.1 cm³/mol. The standard InChI is InChI=1S/C10H13Cl2N3/c11-6-8-5-9(12)14-10(13-8)7-15-3-1-2-4-15/h5H,1-4,6-7H2. The largest absolute Gasteiger partial charge is 0.296 e. The van der Waals surface area contributed by atoms with E-state index >= 15 is 0 Å². The first kappa shape index (κ1) is 11.1. The van der Waals surface area contributed by atoms with E-state index in [0.29, 0.717) is 11.0 Å². The average Bonchev–Trinajstić information content (AvgIpc) is 2.69. The maximum absolute atomic E-state index is 5.89. The van der Waals surface area contributed by atoms with E-state index in [-0.39, 0.29) is 0 Å². The van der Waals surface area contributed by atoms with Gasteiger partial charge in [0.15, 0.2) is 0 Å². The van der Waals surface area contributed by atoms with Gasteiger partial charge in [0.1, 0.15) is 11.0 Å². The number of aromatic nitrogens is 2. The molecule has 3 nitrogen and oxygen atoms in total. The molecular weight excluding hydrogens is 233 g/mol. The molecule has 2 rings (SSSR count). The van der Waals surface area contributed by atoms with Crippen LogP contribution in [0.3, 0.4) is 0 Å². The van der Waals surface area contributed by atoms with Crippen molar-refractivity contribution in [1.29, 1.82) is 0 Å². The van der Waals surface area contributed by atoms with Gasteiger partial charge in [0.2, 0.25) is 0 Å². The number of rotatable bonds is 3. The Hall–Kier alpha value is -0.380. The molecule has 0 atom stereocenters. The summed E-state index contributed by atoms with van der Waals surface area (Å²) in [4.78, 5) is 10.9. The van der Waals surface area contributed by atoms with E-state index in [0.717, 1.165) is 31.2 Å². The Kier molecular flexibility index (Phi) is 3.78. The number of alkyl halides is 1. The fraction of sp³-hybridized carbons (Fsp3) is 0.600. The molecule has 5 heteroatoms. The molecule has 15 heavy (non-hydrogen) atoms. The van der Waals surface area contributed by atoms with E-state index in [1.807, 2.05) is 0 Å². The second-order valence-corrected chi connectivity index (χ2v) is 4.37. The number of hydrogen-bond acceptors (Lipinski definition) is 3. The van der Waals surface area contributed by atoms with Crippen LogP contribution in [0, 0.1) is 0 Å². The highest BCUT2D eigenvalue weighted by atomic mass is 35.5. The fourth-order valence-corrected chi connectivity index (χ4v) is 2.16. The molecular formula is C10H13Cl2N3. The summed E-state index contributed by atoms with van der Waals surface area (Å²) in [5.41, 5.74) is 0.797. The summed E-state index contributed by atoms with van der Waals surface area (Å²) >= 11 is 11.6. The summed E-state index contributed by atoms with van der Waals surface area (Å²) in [6.45, 7) is 3.04. The van der Waals surface area contributed by atoms with Crippen molar-refractivity contribution in [3.05, 3.63) is 22.7 Å². The minimum atomic E-state index is 0.384. The zero-order valence-corrected chi connectivity index (χ0v) is 9.93. The first-order valence-corrected chi connectivity index (χ1v) is 6.00. The van der Waals surface area contributed by atoms with Crippen molar-refractivity contribution in [3.8, 4) is 0 Å². The van der Waals surface area contributed by atoms with Crippen molar-refractivity contribution >= 4 is 23.2 Å². The van der Waals surface area contributed by atoms with Crippen molar-refractivity contribution in [3.63, 3.8) is 0 Å². The van der Waals surface area contributed by atoms with Gasteiger partial charge in [0, 0.05) is 0 Å². The molecule has 0 aliphatic carbocycles. The Morgan fingerprint density at radius 3 is 2.67 bits per heavy atom. The summed E-state index contributed by atoms with van der Waals surface area (Å²) in [6, 6.07) is 1.71. The molecule has 2 heterocycles.